The molecule has 0 bridgehead atoms. The lowest BCUT2D eigenvalue weighted by Crippen LogP contribution is -1.98. The quantitative estimate of drug-likeness (QED) is 0.731. The van der Waals surface area contributed by atoms with E-state index in [-0.39, 0.29) is 0 Å². The molecule has 0 atom stereocenters. The Bertz CT molecular complexity index is 227. The van der Waals surface area contributed by atoms with Crippen molar-refractivity contribution in [3.05, 3.63) is 16.0 Å². The van der Waals surface area contributed by atoms with Gasteiger partial charge in [0.25, 0.3) is 0 Å². The smallest absolute Gasteiger partial charge is 0.0623 e. The van der Waals surface area contributed by atoms with E-state index in [1.54, 1.807) is 0 Å². The molecule has 1 heterocycles. The highest BCUT2D eigenvalue weighted by Gasteiger charge is 2.21. The van der Waals surface area contributed by atoms with Gasteiger partial charge in [-0.05, 0) is 41.4 Å². The van der Waals surface area contributed by atoms with Crippen LogP contribution in [0.15, 0.2) is 12.4 Å². The lowest BCUT2D eigenvalue weighted by Gasteiger charge is -1.95. The predicted octanol–water partition coefficient (Wildman–Crippen LogP) is 1.90. The second kappa shape index (κ2) is 2.53. The summed E-state index contributed by atoms with van der Waals surface area (Å²) in [6.45, 7) is 1.13. The number of nitrogens with zero attached hydrogens (tertiary/aromatic N) is 2. The molecule has 0 spiro atoms. The van der Waals surface area contributed by atoms with Gasteiger partial charge in [-0.25, -0.2) is 0 Å². The molecule has 54 valence electrons. The number of halogens is 1. The topological polar surface area (TPSA) is 17.8 Å². The molecule has 0 aromatic carbocycles. The Labute approximate surface area is 73.8 Å². The summed E-state index contributed by atoms with van der Waals surface area (Å²) < 4.78 is 3.28. The van der Waals surface area contributed by atoms with Crippen LogP contribution >= 0.6 is 22.6 Å². The maximum Gasteiger partial charge on any atom is 0.0623 e. The molecule has 1 fully saturated rings. The summed E-state index contributed by atoms with van der Waals surface area (Å²) in [5.41, 5.74) is 0. The first-order valence-electron chi connectivity index (χ1n) is 3.52. The summed E-state index contributed by atoms with van der Waals surface area (Å²) in [7, 11) is 0. The van der Waals surface area contributed by atoms with Crippen LogP contribution in [0.5, 0.6) is 0 Å². The molecular weight excluding hydrogens is 239 g/mol. The molecule has 0 amide bonds. The van der Waals surface area contributed by atoms with E-state index in [1.165, 1.54) is 16.4 Å². The third kappa shape index (κ3) is 1.51. The van der Waals surface area contributed by atoms with Crippen LogP contribution in [0.4, 0.5) is 0 Å². The molecule has 1 aromatic heterocycles. The lowest BCUT2D eigenvalue weighted by atomic mass is 10.4. The first kappa shape index (κ1) is 6.64. The van der Waals surface area contributed by atoms with Crippen molar-refractivity contribution in [2.75, 3.05) is 0 Å². The van der Waals surface area contributed by atoms with Gasteiger partial charge in [0.15, 0.2) is 0 Å². The van der Waals surface area contributed by atoms with E-state index in [0.29, 0.717) is 0 Å². The highest BCUT2D eigenvalue weighted by atomic mass is 127. The standard InChI is InChI=1S/C7H9IN2/c8-7-3-9-10(5-7)4-6-1-2-6/h3,5-6H,1-2,4H2. The number of hydrogen-bond donors (Lipinski definition) is 0. The first-order valence-corrected chi connectivity index (χ1v) is 4.60. The molecule has 1 saturated carbocycles. The zero-order valence-corrected chi connectivity index (χ0v) is 7.78. The van der Waals surface area contributed by atoms with Crippen molar-refractivity contribution in [1.29, 1.82) is 0 Å². The van der Waals surface area contributed by atoms with Gasteiger partial charge in [0.2, 0.25) is 0 Å². The lowest BCUT2D eigenvalue weighted by molar-refractivity contribution is 0.563. The highest BCUT2D eigenvalue weighted by molar-refractivity contribution is 14.1. The highest BCUT2D eigenvalue weighted by Crippen LogP contribution is 2.30. The van der Waals surface area contributed by atoms with Gasteiger partial charge >= 0.3 is 0 Å². The van der Waals surface area contributed by atoms with E-state index in [0.717, 1.165) is 12.5 Å². The largest absolute Gasteiger partial charge is 0.271 e. The van der Waals surface area contributed by atoms with E-state index < -0.39 is 0 Å². The van der Waals surface area contributed by atoms with Crippen LogP contribution in [0.3, 0.4) is 0 Å². The van der Waals surface area contributed by atoms with Crippen molar-refractivity contribution < 1.29 is 0 Å². The van der Waals surface area contributed by atoms with Crippen LogP contribution in [-0.4, -0.2) is 9.78 Å². The second-order valence-corrected chi connectivity index (χ2v) is 4.07. The van der Waals surface area contributed by atoms with Crippen molar-refractivity contribution in [3.63, 3.8) is 0 Å². The van der Waals surface area contributed by atoms with Crippen LogP contribution in [0.2, 0.25) is 0 Å². The minimum Gasteiger partial charge on any atom is -0.271 e. The van der Waals surface area contributed by atoms with Crippen molar-refractivity contribution >= 4 is 22.6 Å². The molecule has 0 radical (unpaired) electrons. The number of aromatic nitrogens is 2. The summed E-state index contributed by atoms with van der Waals surface area (Å²) in [5, 5.41) is 4.21. The van der Waals surface area contributed by atoms with Gasteiger partial charge in [0.1, 0.15) is 0 Å². The van der Waals surface area contributed by atoms with Gasteiger partial charge in [-0.1, -0.05) is 0 Å². The maximum atomic E-state index is 4.21. The summed E-state index contributed by atoms with van der Waals surface area (Å²) in [5.74, 6) is 0.927. The number of hydrogen-bond acceptors (Lipinski definition) is 1. The molecule has 1 aromatic rings. The van der Waals surface area contributed by atoms with Crippen molar-refractivity contribution in [2.24, 2.45) is 5.92 Å². The summed E-state index contributed by atoms with van der Waals surface area (Å²) in [6, 6.07) is 0. The average Bonchev–Trinajstić information content (AvgIpc) is 2.59. The minimum atomic E-state index is 0.927. The van der Waals surface area contributed by atoms with Gasteiger partial charge < -0.3 is 0 Å². The number of rotatable bonds is 2. The Hall–Kier alpha value is -0.0600. The van der Waals surface area contributed by atoms with Gasteiger partial charge in [-0.2, -0.15) is 5.10 Å². The van der Waals surface area contributed by atoms with E-state index in [1.807, 2.05) is 10.9 Å². The predicted molar refractivity (Wildman–Crippen MR) is 47.7 cm³/mol. The molecule has 1 aliphatic carbocycles. The maximum absolute atomic E-state index is 4.21. The fourth-order valence-corrected chi connectivity index (χ4v) is 1.45. The van der Waals surface area contributed by atoms with Gasteiger partial charge in [0, 0.05) is 12.7 Å². The Morgan fingerprint density at radius 1 is 1.70 bits per heavy atom. The molecule has 3 heteroatoms. The van der Waals surface area contributed by atoms with Crippen LogP contribution in [-0.2, 0) is 6.54 Å². The van der Waals surface area contributed by atoms with Gasteiger partial charge in [0.05, 0.1) is 9.77 Å². The zero-order chi connectivity index (χ0) is 6.97. The zero-order valence-electron chi connectivity index (χ0n) is 5.63. The van der Waals surface area contributed by atoms with Crippen LogP contribution < -0.4 is 0 Å². The van der Waals surface area contributed by atoms with Crippen molar-refractivity contribution in [1.82, 2.24) is 9.78 Å². The Morgan fingerprint density at radius 3 is 3.00 bits per heavy atom. The fraction of sp³-hybridized carbons (Fsp3) is 0.571. The van der Waals surface area contributed by atoms with Crippen LogP contribution in [0.25, 0.3) is 0 Å². The Kier molecular flexibility index (Phi) is 1.68. The van der Waals surface area contributed by atoms with Crippen LogP contribution in [0.1, 0.15) is 12.8 Å². The Balaban J connectivity index is 2.03. The first-order chi connectivity index (χ1) is 4.84. The molecule has 2 nitrogen and oxygen atoms in total. The normalized spacial score (nSPS) is 17.7. The van der Waals surface area contributed by atoms with Crippen molar-refractivity contribution in [2.45, 2.75) is 19.4 Å². The summed E-state index contributed by atoms with van der Waals surface area (Å²) in [6.07, 6.45) is 6.80. The molecule has 0 aliphatic heterocycles. The monoisotopic (exact) mass is 248 g/mol. The average molecular weight is 248 g/mol. The third-order valence-corrected chi connectivity index (χ3v) is 2.30. The van der Waals surface area contributed by atoms with E-state index in [2.05, 4.69) is 33.9 Å². The van der Waals surface area contributed by atoms with Crippen LogP contribution in [0, 0.1) is 9.49 Å². The molecule has 0 saturated heterocycles. The third-order valence-electron chi connectivity index (χ3n) is 1.74. The second-order valence-electron chi connectivity index (χ2n) is 2.82. The SMILES string of the molecule is Ic1cnn(CC2CC2)c1. The fourth-order valence-electron chi connectivity index (χ4n) is 1.00. The van der Waals surface area contributed by atoms with Gasteiger partial charge in [-0.15, -0.1) is 0 Å². The molecule has 0 N–H and O–H groups in total. The molecule has 0 unspecified atom stereocenters. The molecular formula is C7H9IN2. The van der Waals surface area contributed by atoms with E-state index in [9.17, 15) is 0 Å². The van der Waals surface area contributed by atoms with E-state index >= 15 is 0 Å². The summed E-state index contributed by atoms with van der Waals surface area (Å²) >= 11 is 2.28. The molecule has 2 rings (SSSR count). The van der Waals surface area contributed by atoms with E-state index in [4.69, 9.17) is 0 Å². The Morgan fingerprint density at radius 2 is 2.50 bits per heavy atom. The summed E-state index contributed by atoms with van der Waals surface area (Å²) in [4.78, 5) is 0. The molecule has 10 heavy (non-hydrogen) atoms. The van der Waals surface area contributed by atoms with Gasteiger partial charge in [-0.3, -0.25) is 4.68 Å². The van der Waals surface area contributed by atoms with Crippen molar-refractivity contribution in [3.8, 4) is 0 Å². The minimum absolute atomic E-state index is 0.927. The molecule has 1 aliphatic rings.